The predicted molar refractivity (Wildman–Crippen MR) is 73.5 cm³/mol. The first-order chi connectivity index (χ1) is 10.1. The number of nitrogens with zero attached hydrogens (tertiary/aromatic N) is 4. The number of hydrogen-bond donors (Lipinski definition) is 4. The second-order valence-corrected chi connectivity index (χ2v) is 5.39. The molecule has 0 aromatic carbocycles. The average Bonchev–Trinajstić information content (AvgIpc) is 3.02. The number of fused-ring (bicyclic) bond motifs is 1. The normalized spacial score (nSPS) is 27.3. The summed E-state index contributed by atoms with van der Waals surface area (Å²) in [6.45, 7) is -0.242. The zero-order valence-electron chi connectivity index (χ0n) is 10.9. The summed E-state index contributed by atoms with van der Waals surface area (Å²) in [4.78, 5) is 21.3. The van der Waals surface area contributed by atoms with Gasteiger partial charge in [0.25, 0.3) is 0 Å². The van der Waals surface area contributed by atoms with E-state index in [1.165, 1.54) is 6.33 Å². The lowest BCUT2D eigenvalue weighted by molar-refractivity contribution is -0.0390. The third kappa shape index (κ3) is 2.69. The van der Waals surface area contributed by atoms with E-state index < -0.39 is 27.0 Å². The lowest BCUT2D eigenvalue weighted by Crippen LogP contribution is -2.27. The molecule has 0 spiro atoms. The van der Waals surface area contributed by atoms with Gasteiger partial charge >= 0.3 is 0 Å². The van der Waals surface area contributed by atoms with E-state index >= 15 is 0 Å². The van der Waals surface area contributed by atoms with Crippen molar-refractivity contribution in [3.63, 3.8) is 0 Å². The summed E-state index contributed by atoms with van der Waals surface area (Å²) in [5.41, 5.74) is 12.0. The van der Waals surface area contributed by atoms with Crippen LogP contribution in [0.1, 0.15) is 12.6 Å². The van der Waals surface area contributed by atoms with Gasteiger partial charge in [-0.2, -0.15) is 0 Å². The maximum atomic E-state index is 9.33. The van der Waals surface area contributed by atoms with Gasteiger partial charge in [0.05, 0.1) is 19.0 Å². The summed E-state index contributed by atoms with van der Waals surface area (Å²) in [5, 5.41) is 9.33. The van der Waals surface area contributed by atoms with Crippen molar-refractivity contribution in [1.82, 2.24) is 19.5 Å². The highest BCUT2D eigenvalue weighted by atomic mass is 31.2. The number of rotatable bonds is 4. The molecule has 4 atom stereocenters. The number of ether oxygens (including phenoxy) is 1. The van der Waals surface area contributed by atoms with Gasteiger partial charge in [-0.1, -0.05) is 0 Å². The molecule has 0 radical (unpaired) electrons. The molecule has 0 amide bonds. The van der Waals surface area contributed by atoms with E-state index in [1.807, 2.05) is 0 Å². The van der Waals surface area contributed by atoms with Gasteiger partial charge in [0, 0.05) is 6.42 Å². The second kappa shape index (κ2) is 5.76. The monoisotopic (exact) mass is 314 g/mol. The van der Waals surface area contributed by atoms with Gasteiger partial charge in [0.2, 0.25) is 8.53 Å². The molecular formula is C10H15N6O4P. The maximum Gasteiger partial charge on any atom is 0.250 e. The Kier molecular flexibility index (Phi) is 3.98. The van der Waals surface area contributed by atoms with Crippen LogP contribution < -0.4 is 11.2 Å². The summed E-state index contributed by atoms with van der Waals surface area (Å²) in [7, 11) is -2.02. The standard InChI is InChI=1S/C10H15N6O4P/c11-9-8-10(14-3-13-9)16(4-15-8)7-1-5(20-21(12)18)6(2-17)19-7/h3-7,17-18H,1-2,12H2,(H2,11,13,14)/t5-,6+,7+,21?/m0/s1. The molecule has 1 aliphatic rings. The van der Waals surface area contributed by atoms with E-state index in [4.69, 9.17) is 20.5 Å². The Morgan fingerprint density at radius 1 is 1.48 bits per heavy atom. The number of aliphatic hydroxyl groups excluding tert-OH is 1. The molecule has 1 unspecified atom stereocenters. The Morgan fingerprint density at radius 3 is 3.00 bits per heavy atom. The first-order valence-electron chi connectivity index (χ1n) is 6.20. The molecule has 114 valence electrons. The number of nitrogens with two attached hydrogens (primary N) is 2. The minimum atomic E-state index is -2.02. The molecule has 1 saturated heterocycles. The van der Waals surface area contributed by atoms with Gasteiger partial charge in [-0.05, 0) is 0 Å². The van der Waals surface area contributed by atoms with Gasteiger partial charge < -0.3 is 25.0 Å². The number of aliphatic hydroxyl groups is 1. The zero-order valence-corrected chi connectivity index (χ0v) is 11.8. The zero-order chi connectivity index (χ0) is 15.0. The highest BCUT2D eigenvalue weighted by Crippen LogP contribution is 2.37. The minimum absolute atomic E-state index is 0.242. The molecule has 3 heterocycles. The predicted octanol–water partition coefficient (Wildman–Crippen LogP) is -0.749. The van der Waals surface area contributed by atoms with Gasteiger partial charge in [-0.15, -0.1) is 0 Å². The van der Waals surface area contributed by atoms with Crippen molar-refractivity contribution in [2.45, 2.75) is 24.9 Å². The fraction of sp³-hybridized carbons (Fsp3) is 0.500. The van der Waals surface area contributed by atoms with Crippen LogP contribution in [0.4, 0.5) is 5.82 Å². The molecule has 0 bridgehead atoms. The van der Waals surface area contributed by atoms with Crippen LogP contribution in [0.5, 0.6) is 0 Å². The summed E-state index contributed by atoms with van der Waals surface area (Å²) in [5.74, 6) is 0.282. The highest BCUT2D eigenvalue weighted by Gasteiger charge is 2.38. The first-order valence-corrected chi connectivity index (χ1v) is 7.48. The average molecular weight is 314 g/mol. The van der Waals surface area contributed by atoms with Crippen molar-refractivity contribution in [2.75, 3.05) is 12.3 Å². The fourth-order valence-corrected chi connectivity index (χ4v) is 2.86. The number of aromatic nitrogens is 4. The quantitative estimate of drug-likeness (QED) is 0.533. The Balaban J connectivity index is 1.88. The molecule has 2 aromatic heterocycles. The van der Waals surface area contributed by atoms with E-state index in [2.05, 4.69) is 15.0 Å². The van der Waals surface area contributed by atoms with Crippen molar-refractivity contribution in [2.24, 2.45) is 5.50 Å². The van der Waals surface area contributed by atoms with Crippen LogP contribution in [0, 0.1) is 0 Å². The Labute approximate surface area is 120 Å². The van der Waals surface area contributed by atoms with Gasteiger partial charge in [0.1, 0.15) is 24.2 Å². The summed E-state index contributed by atoms with van der Waals surface area (Å²) < 4.78 is 12.6. The van der Waals surface area contributed by atoms with Crippen molar-refractivity contribution >= 4 is 25.5 Å². The molecule has 3 rings (SSSR count). The Hall–Kier alpha value is -1.42. The van der Waals surface area contributed by atoms with E-state index in [1.54, 1.807) is 10.9 Å². The highest BCUT2D eigenvalue weighted by molar-refractivity contribution is 7.43. The van der Waals surface area contributed by atoms with Crippen LogP contribution in [0.25, 0.3) is 11.2 Å². The lowest BCUT2D eigenvalue weighted by Gasteiger charge is -2.16. The number of imidazole rings is 1. The van der Waals surface area contributed by atoms with Crippen LogP contribution in [-0.2, 0) is 9.26 Å². The third-order valence-corrected chi connectivity index (χ3v) is 3.79. The SMILES string of the molecule is Nc1ncnc2c1ncn2[C@H]1C[C@H](OP(N)O)[C@@H](CO)O1. The van der Waals surface area contributed by atoms with Crippen LogP contribution in [0.3, 0.4) is 0 Å². The number of anilines is 1. The Bertz CT molecular complexity index is 637. The second-order valence-electron chi connectivity index (χ2n) is 4.58. The minimum Gasteiger partial charge on any atom is -0.394 e. The van der Waals surface area contributed by atoms with Crippen LogP contribution >= 0.6 is 8.53 Å². The molecule has 11 heteroatoms. The Morgan fingerprint density at radius 2 is 2.29 bits per heavy atom. The van der Waals surface area contributed by atoms with Gasteiger partial charge in [-0.25, -0.2) is 15.0 Å². The molecule has 0 saturated carbocycles. The van der Waals surface area contributed by atoms with Crippen LogP contribution in [-0.4, -0.2) is 48.3 Å². The maximum absolute atomic E-state index is 9.33. The number of nitrogen functional groups attached to an aromatic ring is 1. The molecule has 21 heavy (non-hydrogen) atoms. The van der Waals surface area contributed by atoms with Crippen LogP contribution in [0.2, 0.25) is 0 Å². The molecule has 2 aromatic rings. The van der Waals surface area contributed by atoms with E-state index in [9.17, 15) is 10.00 Å². The van der Waals surface area contributed by atoms with Gasteiger partial charge in [-0.3, -0.25) is 10.1 Å². The third-order valence-electron chi connectivity index (χ3n) is 3.30. The smallest absolute Gasteiger partial charge is 0.250 e. The largest absolute Gasteiger partial charge is 0.394 e. The summed E-state index contributed by atoms with van der Waals surface area (Å²) in [6.07, 6.45) is 1.76. The van der Waals surface area contributed by atoms with Crippen molar-refractivity contribution < 1.29 is 19.3 Å². The van der Waals surface area contributed by atoms with E-state index in [0.29, 0.717) is 17.6 Å². The lowest BCUT2D eigenvalue weighted by atomic mass is 10.2. The van der Waals surface area contributed by atoms with E-state index in [0.717, 1.165) is 0 Å². The molecule has 1 fully saturated rings. The molecule has 1 aliphatic heterocycles. The van der Waals surface area contributed by atoms with E-state index in [-0.39, 0.29) is 12.4 Å². The van der Waals surface area contributed by atoms with Gasteiger partial charge in [0.15, 0.2) is 11.5 Å². The molecule has 0 aliphatic carbocycles. The molecule has 6 N–H and O–H groups in total. The number of hydrogen-bond acceptors (Lipinski definition) is 9. The molecular weight excluding hydrogens is 299 g/mol. The first kappa shape index (κ1) is 14.5. The topological polar surface area (TPSA) is 155 Å². The summed E-state index contributed by atoms with van der Waals surface area (Å²) in [6, 6.07) is 0. The fourth-order valence-electron chi connectivity index (χ4n) is 2.37. The van der Waals surface area contributed by atoms with Crippen molar-refractivity contribution in [1.29, 1.82) is 0 Å². The van der Waals surface area contributed by atoms with Crippen LogP contribution in [0.15, 0.2) is 12.7 Å². The summed E-state index contributed by atoms with van der Waals surface area (Å²) >= 11 is 0. The van der Waals surface area contributed by atoms with Crippen molar-refractivity contribution in [3.8, 4) is 0 Å². The molecule has 10 nitrogen and oxygen atoms in total. The van der Waals surface area contributed by atoms with Crippen molar-refractivity contribution in [3.05, 3.63) is 12.7 Å².